The van der Waals surface area contributed by atoms with E-state index in [2.05, 4.69) is 30.5 Å². The molecule has 0 aromatic heterocycles. The summed E-state index contributed by atoms with van der Waals surface area (Å²) in [6, 6.07) is 6.39. The summed E-state index contributed by atoms with van der Waals surface area (Å²) >= 11 is 0. The van der Waals surface area contributed by atoms with Crippen molar-refractivity contribution in [3.05, 3.63) is 29.3 Å². The van der Waals surface area contributed by atoms with Gasteiger partial charge in [0.2, 0.25) is 5.91 Å². The Kier molecular flexibility index (Phi) is 2.44. The van der Waals surface area contributed by atoms with Crippen LogP contribution in [0, 0.1) is 12.8 Å². The molecule has 0 saturated heterocycles. The van der Waals surface area contributed by atoms with E-state index in [0.717, 1.165) is 17.2 Å². The van der Waals surface area contributed by atoms with Crippen LogP contribution in [0.1, 0.15) is 36.9 Å². The third kappa shape index (κ3) is 1.95. The Balaban J connectivity index is 1.84. The SMILES string of the molecule is Cc1ccc2c(c1)C(NC(C)C1CC1)C(=O)N2. The number of aryl methyl sites for hydroxylation is 1. The van der Waals surface area contributed by atoms with Crippen LogP contribution in [0.5, 0.6) is 0 Å². The standard InChI is InChI=1S/C14H18N2O/c1-8-3-6-12-11(7-8)13(14(17)16-12)15-9(2)10-4-5-10/h3,6-7,9-10,13,15H,4-5H2,1-2H3,(H,16,17). The van der Waals surface area contributed by atoms with Crippen LogP contribution in [-0.2, 0) is 4.79 Å². The van der Waals surface area contributed by atoms with E-state index in [0.29, 0.717) is 6.04 Å². The Hall–Kier alpha value is -1.35. The highest BCUT2D eigenvalue weighted by Gasteiger charge is 2.35. The third-order valence-electron chi connectivity index (χ3n) is 3.80. The molecule has 0 bridgehead atoms. The van der Waals surface area contributed by atoms with E-state index >= 15 is 0 Å². The van der Waals surface area contributed by atoms with Crippen LogP contribution in [0.4, 0.5) is 5.69 Å². The Morgan fingerprint density at radius 3 is 2.88 bits per heavy atom. The number of rotatable bonds is 3. The van der Waals surface area contributed by atoms with Gasteiger partial charge in [0.15, 0.2) is 0 Å². The van der Waals surface area contributed by atoms with Gasteiger partial charge in [-0.1, -0.05) is 17.7 Å². The molecule has 2 N–H and O–H groups in total. The van der Waals surface area contributed by atoms with Crippen LogP contribution in [-0.4, -0.2) is 11.9 Å². The lowest BCUT2D eigenvalue weighted by Crippen LogP contribution is -2.35. The molecule has 1 aliphatic carbocycles. The maximum Gasteiger partial charge on any atom is 0.246 e. The summed E-state index contributed by atoms with van der Waals surface area (Å²) < 4.78 is 0. The van der Waals surface area contributed by atoms with Crippen molar-refractivity contribution in [1.29, 1.82) is 0 Å². The maximum atomic E-state index is 11.9. The predicted octanol–water partition coefficient (Wildman–Crippen LogP) is 2.38. The number of carbonyl (C=O) groups is 1. The van der Waals surface area contributed by atoms with E-state index in [9.17, 15) is 4.79 Å². The molecule has 1 heterocycles. The summed E-state index contributed by atoms with van der Waals surface area (Å²) in [6.45, 7) is 4.24. The molecule has 1 aromatic carbocycles. The fourth-order valence-corrected chi connectivity index (χ4v) is 2.54. The smallest absolute Gasteiger partial charge is 0.246 e. The third-order valence-corrected chi connectivity index (χ3v) is 3.80. The molecule has 3 heteroatoms. The molecule has 2 unspecified atom stereocenters. The molecule has 3 nitrogen and oxygen atoms in total. The van der Waals surface area contributed by atoms with Crippen molar-refractivity contribution >= 4 is 11.6 Å². The zero-order valence-electron chi connectivity index (χ0n) is 10.3. The molecule has 1 amide bonds. The first-order valence-electron chi connectivity index (χ1n) is 6.32. The largest absolute Gasteiger partial charge is 0.324 e. The maximum absolute atomic E-state index is 11.9. The van der Waals surface area contributed by atoms with Gasteiger partial charge in [0.05, 0.1) is 0 Å². The first-order chi connectivity index (χ1) is 8.15. The average Bonchev–Trinajstić information content (AvgIpc) is 3.08. The molecule has 90 valence electrons. The molecule has 1 aromatic rings. The lowest BCUT2D eigenvalue weighted by molar-refractivity contribution is -0.117. The Bertz CT molecular complexity index is 465. The van der Waals surface area contributed by atoms with Crippen LogP contribution in [0.15, 0.2) is 18.2 Å². The first kappa shape index (κ1) is 10.8. The molecule has 17 heavy (non-hydrogen) atoms. The molecule has 0 spiro atoms. The van der Waals surface area contributed by atoms with Gasteiger partial charge in [0.1, 0.15) is 6.04 Å². The number of hydrogen-bond donors (Lipinski definition) is 2. The lowest BCUT2D eigenvalue weighted by atomic mass is 10.0. The average molecular weight is 230 g/mol. The minimum Gasteiger partial charge on any atom is -0.324 e. The summed E-state index contributed by atoms with van der Waals surface area (Å²) in [4.78, 5) is 11.9. The van der Waals surface area contributed by atoms with Crippen molar-refractivity contribution in [2.24, 2.45) is 5.92 Å². The number of carbonyl (C=O) groups excluding carboxylic acids is 1. The van der Waals surface area contributed by atoms with E-state index < -0.39 is 0 Å². The van der Waals surface area contributed by atoms with E-state index in [1.807, 2.05) is 12.1 Å². The van der Waals surface area contributed by atoms with Gasteiger partial charge in [-0.15, -0.1) is 0 Å². The van der Waals surface area contributed by atoms with E-state index in [1.54, 1.807) is 0 Å². The predicted molar refractivity (Wildman–Crippen MR) is 67.9 cm³/mol. The number of hydrogen-bond acceptors (Lipinski definition) is 2. The van der Waals surface area contributed by atoms with Crippen LogP contribution in [0.25, 0.3) is 0 Å². The topological polar surface area (TPSA) is 41.1 Å². The monoisotopic (exact) mass is 230 g/mol. The van der Waals surface area contributed by atoms with Crippen molar-refractivity contribution in [2.75, 3.05) is 5.32 Å². The second kappa shape index (κ2) is 3.84. The van der Waals surface area contributed by atoms with Gasteiger partial charge in [0.25, 0.3) is 0 Å². The lowest BCUT2D eigenvalue weighted by Gasteiger charge is -2.18. The summed E-state index contributed by atoms with van der Waals surface area (Å²) in [6.07, 6.45) is 2.59. The van der Waals surface area contributed by atoms with Gasteiger partial charge in [0, 0.05) is 17.3 Å². The minimum absolute atomic E-state index is 0.0816. The van der Waals surface area contributed by atoms with Crippen LogP contribution in [0.2, 0.25) is 0 Å². The number of nitrogens with one attached hydrogen (secondary N) is 2. The van der Waals surface area contributed by atoms with Crippen molar-refractivity contribution in [2.45, 2.75) is 38.8 Å². The molecular weight excluding hydrogens is 212 g/mol. The van der Waals surface area contributed by atoms with Crippen molar-refractivity contribution in [3.63, 3.8) is 0 Å². The fourth-order valence-electron chi connectivity index (χ4n) is 2.54. The van der Waals surface area contributed by atoms with Crippen molar-refractivity contribution < 1.29 is 4.79 Å². The number of fused-ring (bicyclic) bond motifs is 1. The second-order valence-electron chi connectivity index (χ2n) is 5.31. The summed E-state index contributed by atoms with van der Waals surface area (Å²) in [5, 5.41) is 6.40. The highest BCUT2D eigenvalue weighted by molar-refractivity contribution is 6.02. The minimum atomic E-state index is -0.166. The molecule has 0 radical (unpaired) electrons. The van der Waals surface area contributed by atoms with Crippen LogP contribution < -0.4 is 10.6 Å². The molecule has 2 aliphatic rings. The summed E-state index contributed by atoms with van der Waals surface area (Å²) in [7, 11) is 0. The van der Waals surface area contributed by atoms with Crippen LogP contribution >= 0.6 is 0 Å². The highest BCUT2D eigenvalue weighted by atomic mass is 16.2. The second-order valence-corrected chi connectivity index (χ2v) is 5.31. The summed E-state index contributed by atoms with van der Waals surface area (Å²) in [5.74, 6) is 0.842. The zero-order chi connectivity index (χ0) is 12.0. The van der Waals surface area contributed by atoms with Crippen molar-refractivity contribution in [1.82, 2.24) is 5.32 Å². The normalized spacial score (nSPS) is 24.4. The van der Waals surface area contributed by atoms with Crippen LogP contribution in [0.3, 0.4) is 0 Å². The quantitative estimate of drug-likeness (QED) is 0.837. The van der Waals surface area contributed by atoms with Gasteiger partial charge in [-0.25, -0.2) is 0 Å². The number of amides is 1. The molecule has 2 atom stereocenters. The van der Waals surface area contributed by atoms with Gasteiger partial charge < -0.3 is 5.32 Å². The summed E-state index contributed by atoms with van der Waals surface area (Å²) in [5.41, 5.74) is 3.26. The van der Waals surface area contributed by atoms with Gasteiger partial charge in [-0.05, 0) is 38.7 Å². The van der Waals surface area contributed by atoms with Crippen molar-refractivity contribution in [3.8, 4) is 0 Å². The number of anilines is 1. The molecule has 1 saturated carbocycles. The molecular formula is C14H18N2O. The van der Waals surface area contributed by atoms with E-state index in [-0.39, 0.29) is 11.9 Å². The zero-order valence-corrected chi connectivity index (χ0v) is 10.3. The van der Waals surface area contributed by atoms with Gasteiger partial charge >= 0.3 is 0 Å². The molecule has 1 aliphatic heterocycles. The highest BCUT2D eigenvalue weighted by Crippen LogP contribution is 2.36. The van der Waals surface area contributed by atoms with E-state index in [4.69, 9.17) is 0 Å². The number of benzene rings is 1. The Morgan fingerprint density at radius 1 is 1.41 bits per heavy atom. The fraction of sp³-hybridized carbons (Fsp3) is 0.500. The van der Waals surface area contributed by atoms with Gasteiger partial charge in [-0.3, -0.25) is 10.1 Å². The molecule has 3 rings (SSSR count). The molecule has 1 fully saturated rings. The first-order valence-corrected chi connectivity index (χ1v) is 6.32. The Labute approximate surface area is 102 Å². The van der Waals surface area contributed by atoms with E-state index in [1.165, 1.54) is 18.4 Å². The van der Waals surface area contributed by atoms with Gasteiger partial charge in [-0.2, -0.15) is 0 Å². The Morgan fingerprint density at radius 2 is 2.18 bits per heavy atom.